The fourth-order valence-corrected chi connectivity index (χ4v) is 3.21. The van der Waals surface area contributed by atoms with Crippen molar-refractivity contribution in [3.63, 3.8) is 0 Å². The second-order valence-electron chi connectivity index (χ2n) is 7.42. The fraction of sp³-hybridized carbons (Fsp3) is 0.250. The Morgan fingerprint density at radius 2 is 1.81 bits per heavy atom. The van der Waals surface area contributed by atoms with E-state index in [1.165, 1.54) is 6.26 Å². The van der Waals surface area contributed by atoms with Crippen molar-refractivity contribution >= 4 is 17.5 Å². The smallest absolute Gasteiger partial charge is 0.291 e. The van der Waals surface area contributed by atoms with E-state index in [0.717, 1.165) is 16.9 Å². The molecule has 1 atom stereocenters. The van der Waals surface area contributed by atoms with E-state index in [2.05, 4.69) is 10.6 Å². The lowest BCUT2D eigenvalue weighted by Crippen LogP contribution is -2.34. The summed E-state index contributed by atoms with van der Waals surface area (Å²) < 4.78 is 10.3. The second-order valence-corrected chi connectivity index (χ2v) is 7.42. The number of hydrogen-bond acceptors (Lipinski definition) is 5. The maximum atomic E-state index is 12.8. The zero-order valence-corrected chi connectivity index (χ0v) is 18.1. The molecule has 0 radical (unpaired) electrons. The number of carbonyl (C=O) groups excluding carboxylic acids is 2. The zero-order chi connectivity index (χ0) is 22.4. The highest BCUT2D eigenvalue weighted by Crippen LogP contribution is 2.22. The molecule has 3 rings (SSSR count). The molecule has 162 valence electrons. The fourth-order valence-electron chi connectivity index (χ4n) is 3.21. The van der Waals surface area contributed by atoms with Crippen molar-refractivity contribution in [2.24, 2.45) is 0 Å². The summed E-state index contributed by atoms with van der Waals surface area (Å²) in [6, 6.07) is 16.2. The maximum Gasteiger partial charge on any atom is 0.291 e. The molecule has 1 aromatic heterocycles. The molecule has 0 aliphatic rings. The highest BCUT2D eigenvalue weighted by molar-refractivity contribution is 6.03. The van der Waals surface area contributed by atoms with E-state index in [9.17, 15) is 9.59 Å². The predicted octanol–water partition coefficient (Wildman–Crippen LogP) is 3.88. The van der Waals surface area contributed by atoms with Crippen LogP contribution in [-0.2, 0) is 0 Å². The summed E-state index contributed by atoms with van der Waals surface area (Å²) in [7, 11) is 5.57. The molecule has 2 N–H and O–H groups in total. The summed E-state index contributed by atoms with van der Waals surface area (Å²) >= 11 is 0. The Labute approximate surface area is 182 Å². The van der Waals surface area contributed by atoms with Gasteiger partial charge in [0.25, 0.3) is 11.8 Å². The van der Waals surface area contributed by atoms with Crippen molar-refractivity contribution in [1.82, 2.24) is 10.2 Å². The van der Waals surface area contributed by atoms with Gasteiger partial charge in [-0.05, 0) is 68.5 Å². The number of hydrogen-bond donors (Lipinski definition) is 2. The number of benzene rings is 2. The number of likely N-dealkylation sites (N-methyl/N-ethyl adjacent to an activating group) is 1. The summed E-state index contributed by atoms with van der Waals surface area (Å²) in [5.41, 5.74) is 2.95. The van der Waals surface area contributed by atoms with Gasteiger partial charge in [-0.2, -0.15) is 0 Å². The highest BCUT2D eigenvalue weighted by Gasteiger charge is 2.17. The Kier molecular flexibility index (Phi) is 7.10. The van der Waals surface area contributed by atoms with E-state index in [4.69, 9.17) is 9.15 Å². The van der Waals surface area contributed by atoms with Crippen LogP contribution in [0.2, 0.25) is 0 Å². The molecule has 1 unspecified atom stereocenters. The van der Waals surface area contributed by atoms with Crippen LogP contribution in [-0.4, -0.2) is 44.5 Å². The molecule has 7 heteroatoms. The molecule has 1 heterocycles. The van der Waals surface area contributed by atoms with Gasteiger partial charge in [0, 0.05) is 17.8 Å². The Morgan fingerprint density at radius 3 is 2.42 bits per heavy atom. The number of anilines is 1. The molecule has 0 aliphatic heterocycles. The van der Waals surface area contributed by atoms with Gasteiger partial charge in [0.2, 0.25) is 0 Å². The number of aryl methyl sites for hydroxylation is 1. The predicted molar refractivity (Wildman–Crippen MR) is 120 cm³/mol. The number of nitrogens with one attached hydrogen (secondary N) is 2. The first-order valence-electron chi connectivity index (χ1n) is 9.93. The first-order valence-corrected chi connectivity index (χ1v) is 9.93. The van der Waals surface area contributed by atoms with E-state index in [-0.39, 0.29) is 23.6 Å². The molecule has 3 aromatic rings. The van der Waals surface area contributed by atoms with Gasteiger partial charge in [0.15, 0.2) is 5.76 Å². The van der Waals surface area contributed by atoms with E-state index in [1.54, 1.807) is 37.4 Å². The molecule has 0 bridgehead atoms. The van der Waals surface area contributed by atoms with E-state index < -0.39 is 0 Å². The lowest BCUT2D eigenvalue weighted by atomic mass is 10.1. The lowest BCUT2D eigenvalue weighted by molar-refractivity contribution is 0.0940. The normalized spacial score (nSPS) is 11.8. The van der Waals surface area contributed by atoms with Gasteiger partial charge in [-0.25, -0.2) is 0 Å². The van der Waals surface area contributed by atoms with Crippen LogP contribution >= 0.6 is 0 Å². The molecule has 0 aliphatic carbocycles. The Balaban J connectivity index is 1.69. The van der Waals surface area contributed by atoms with Crippen molar-refractivity contribution in [2.75, 3.05) is 33.1 Å². The summed E-state index contributed by atoms with van der Waals surface area (Å²) in [4.78, 5) is 27.1. The maximum absolute atomic E-state index is 12.8. The van der Waals surface area contributed by atoms with Gasteiger partial charge in [-0.3, -0.25) is 9.59 Å². The minimum atomic E-state index is -0.363. The highest BCUT2D eigenvalue weighted by atomic mass is 16.5. The van der Waals surface area contributed by atoms with Gasteiger partial charge in [0.1, 0.15) is 5.75 Å². The van der Waals surface area contributed by atoms with E-state index >= 15 is 0 Å². The number of ether oxygens (including phenoxy) is 1. The first kappa shape index (κ1) is 22.1. The third kappa shape index (κ3) is 5.52. The van der Waals surface area contributed by atoms with Gasteiger partial charge in [-0.1, -0.05) is 18.2 Å². The molecule has 0 spiro atoms. The van der Waals surface area contributed by atoms with Crippen LogP contribution in [0.3, 0.4) is 0 Å². The van der Waals surface area contributed by atoms with Gasteiger partial charge < -0.3 is 24.7 Å². The third-order valence-electron chi connectivity index (χ3n) is 5.07. The van der Waals surface area contributed by atoms with Crippen molar-refractivity contribution in [3.8, 4) is 5.75 Å². The van der Waals surface area contributed by atoms with Gasteiger partial charge in [-0.15, -0.1) is 0 Å². The van der Waals surface area contributed by atoms with Gasteiger partial charge in [0.05, 0.1) is 19.4 Å². The SMILES string of the molecule is COc1ccc(C(CNC(=O)c2ccc(C)c(NC(=O)c3ccco3)c2)N(C)C)cc1. The van der Waals surface area contributed by atoms with E-state index in [1.807, 2.05) is 50.2 Å². The second kappa shape index (κ2) is 9.95. The Morgan fingerprint density at radius 1 is 1.06 bits per heavy atom. The Hall–Kier alpha value is -3.58. The number of carbonyl (C=O) groups is 2. The lowest BCUT2D eigenvalue weighted by Gasteiger charge is -2.25. The number of methoxy groups -OCH3 is 1. The van der Waals surface area contributed by atoms with Crippen molar-refractivity contribution in [2.45, 2.75) is 13.0 Å². The Bertz CT molecular complexity index is 1030. The van der Waals surface area contributed by atoms with Crippen molar-refractivity contribution in [3.05, 3.63) is 83.3 Å². The zero-order valence-electron chi connectivity index (χ0n) is 18.1. The minimum absolute atomic E-state index is 0.00145. The average Bonchev–Trinajstić information content (AvgIpc) is 3.30. The number of nitrogens with zero attached hydrogens (tertiary/aromatic N) is 1. The topological polar surface area (TPSA) is 83.8 Å². The van der Waals surface area contributed by atoms with Crippen molar-refractivity contribution < 1.29 is 18.7 Å². The van der Waals surface area contributed by atoms with Crippen molar-refractivity contribution in [1.29, 1.82) is 0 Å². The quantitative estimate of drug-likeness (QED) is 0.577. The molecule has 0 saturated heterocycles. The molecule has 0 saturated carbocycles. The van der Waals surface area contributed by atoms with Crippen LogP contribution in [0.25, 0.3) is 0 Å². The van der Waals surface area contributed by atoms with Crippen LogP contribution in [0.4, 0.5) is 5.69 Å². The minimum Gasteiger partial charge on any atom is -0.497 e. The molecule has 7 nitrogen and oxygen atoms in total. The molecule has 2 amide bonds. The van der Waals surface area contributed by atoms with Gasteiger partial charge >= 0.3 is 0 Å². The molecular formula is C24H27N3O4. The standard InChI is InChI=1S/C24H27N3O4/c1-16-7-8-18(14-20(16)26-24(29)22-6-5-13-31-22)23(28)25-15-21(27(2)3)17-9-11-19(30-4)12-10-17/h5-14,21H,15H2,1-4H3,(H,25,28)(H,26,29). The summed E-state index contributed by atoms with van der Waals surface area (Å²) in [5, 5.41) is 5.79. The third-order valence-corrected chi connectivity index (χ3v) is 5.07. The van der Waals surface area contributed by atoms with Crippen LogP contribution in [0.1, 0.15) is 38.1 Å². The first-order chi connectivity index (χ1) is 14.9. The van der Waals surface area contributed by atoms with E-state index in [0.29, 0.717) is 17.8 Å². The van der Waals surface area contributed by atoms with Crippen LogP contribution in [0, 0.1) is 6.92 Å². The van der Waals surface area contributed by atoms with Crippen LogP contribution in [0.5, 0.6) is 5.75 Å². The summed E-state index contributed by atoms with van der Waals surface area (Å²) in [6.07, 6.45) is 1.44. The molecule has 31 heavy (non-hydrogen) atoms. The molecule has 0 fully saturated rings. The molecular weight excluding hydrogens is 394 g/mol. The summed E-state index contributed by atoms with van der Waals surface area (Å²) in [5.74, 6) is 0.420. The van der Waals surface area contributed by atoms with Crippen LogP contribution < -0.4 is 15.4 Å². The monoisotopic (exact) mass is 421 g/mol. The number of amides is 2. The summed E-state index contributed by atoms with van der Waals surface area (Å²) in [6.45, 7) is 2.30. The average molecular weight is 421 g/mol. The molecule has 2 aromatic carbocycles. The number of furan rings is 1. The largest absolute Gasteiger partial charge is 0.497 e. The number of rotatable bonds is 8. The van der Waals surface area contributed by atoms with Crippen LogP contribution in [0.15, 0.2) is 65.3 Å².